The topological polar surface area (TPSA) is 107 Å². The van der Waals surface area contributed by atoms with Crippen molar-refractivity contribution >= 4 is 27.5 Å². The van der Waals surface area contributed by atoms with E-state index in [2.05, 4.69) is 0 Å². The molecule has 3 aromatic rings. The standard InChI is InChI=1S/C31H35N3O6S/c1-32(2)18-9-19-34-28(23-14-16-25(17-15-23)40-21-22-10-6-5-7-11-22)27(30(36)31(34)37)29(35)24-12-8-13-26(20-24)41(38,39)33(3)4/h5-8,10-17,20,28,35H,9,18-19,21H2,1-4H3/b29-27-. The number of sulfonamides is 1. The Morgan fingerprint density at radius 2 is 1.61 bits per heavy atom. The zero-order chi connectivity index (χ0) is 29.7. The Balaban J connectivity index is 1.72. The third-order valence-electron chi connectivity index (χ3n) is 6.87. The molecule has 0 radical (unpaired) electrons. The lowest BCUT2D eigenvalue weighted by atomic mass is 9.95. The van der Waals surface area contributed by atoms with Crippen molar-refractivity contribution in [1.29, 1.82) is 0 Å². The number of aliphatic hydroxyl groups excluding tert-OH is 1. The van der Waals surface area contributed by atoms with Crippen molar-refractivity contribution in [3.05, 3.63) is 101 Å². The van der Waals surface area contributed by atoms with Crippen molar-refractivity contribution in [2.45, 2.75) is 24.0 Å². The van der Waals surface area contributed by atoms with Crippen LogP contribution in [-0.4, -0.2) is 80.6 Å². The lowest BCUT2D eigenvalue weighted by Crippen LogP contribution is -2.32. The van der Waals surface area contributed by atoms with Crippen LogP contribution in [0, 0.1) is 0 Å². The second kappa shape index (κ2) is 12.7. The molecule has 1 unspecified atom stereocenters. The summed E-state index contributed by atoms with van der Waals surface area (Å²) in [6.07, 6.45) is 0.616. The maximum Gasteiger partial charge on any atom is 0.295 e. The minimum atomic E-state index is -3.79. The number of carbonyl (C=O) groups is 2. The first-order valence-electron chi connectivity index (χ1n) is 13.2. The molecule has 0 aromatic heterocycles. The number of Topliss-reactive ketones (excluding diaryl/α,β-unsaturated/α-hetero) is 1. The Kier molecular flexibility index (Phi) is 9.27. The van der Waals surface area contributed by atoms with E-state index in [9.17, 15) is 23.1 Å². The number of amides is 1. The van der Waals surface area contributed by atoms with E-state index in [-0.39, 0.29) is 16.0 Å². The Labute approximate surface area is 241 Å². The van der Waals surface area contributed by atoms with Crippen LogP contribution in [0.1, 0.15) is 29.2 Å². The largest absolute Gasteiger partial charge is 0.507 e. The van der Waals surface area contributed by atoms with E-state index in [0.29, 0.717) is 37.4 Å². The zero-order valence-electron chi connectivity index (χ0n) is 23.6. The number of likely N-dealkylation sites (tertiary alicyclic amines) is 1. The molecule has 41 heavy (non-hydrogen) atoms. The Morgan fingerprint density at radius 1 is 0.927 bits per heavy atom. The van der Waals surface area contributed by atoms with Crippen LogP contribution in [0.4, 0.5) is 0 Å². The molecule has 1 heterocycles. The molecule has 0 aliphatic carbocycles. The molecule has 0 spiro atoms. The summed E-state index contributed by atoms with van der Waals surface area (Å²) in [7, 11) is 2.88. The number of carbonyl (C=O) groups excluding carboxylic acids is 2. The van der Waals surface area contributed by atoms with Gasteiger partial charge in [-0.1, -0.05) is 54.6 Å². The van der Waals surface area contributed by atoms with Gasteiger partial charge in [0.25, 0.3) is 11.7 Å². The first-order chi connectivity index (χ1) is 19.5. The second-order valence-corrected chi connectivity index (χ2v) is 12.5. The van der Waals surface area contributed by atoms with Crippen molar-refractivity contribution in [1.82, 2.24) is 14.1 Å². The van der Waals surface area contributed by atoms with Crippen molar-refractivity contribution in [2.75, 3.05) is 41.3 Å². The van der Waals surface area contributed by atoms with Crippen molar-refractivity contribution in [2.24, 2.45) is 0 Å². The predicted octanol–water partition coefficient (Wildman–Crippen LogP) is 3.89. The van der Waals surface area contributed by atoms with Crippen molar-refractivity contribution < 1.29 is 27.9 Å². The van der Waals surface area contributed by atoms with E-state index < -0.39 is 33.5 Å². The van der Waals surface area contributed by atoms with E-state index in [0.717, 1.165) is 9.87 Å². The molecule has 3 aromatic carbocycles. The molecule has 1 amide bonds. The summed E-state index contributed by atoms with van der Waals surface area (Å²) in [5.41, 5.74) is 1.69. The van der Waals surface area contributed by atoms with E-state index >= 15 is 0 Å². The fourth-order valence-corrected chi connectivity index (χ4v) is 5.62. The van der Waals surface area contributed by atoms with Gasteiger partial charge in [-0.05, 0) is 62.5 Å². The van der Waals surface area contributed by atoms with Crippen LogP contribution < -0.4 is 4.74 Å². The number of ether oxygens (including phenoxy) is 1. The number of ketones is 1. The summed E-state index contributed by atoms with van der Waals surface area (Å²) < 4.78 is 32.4. The Bertz CT molecular complexity index is 1530. The first-order valence-corrected chi connectivity index (χ1v) is 14.7. The Morgan fingerprint density at radius 3 is 2.24 bits per heavy atom. The SMILES string of the molecule is CN(C)CCCN1C(=O)C(=O)/C(=C(\O)c2cccc(S(=O)(=O)N(C)C)c2)C1c1ccc(OCc2ccccc2)cc1. The van der Waals surface area contributed by atoms with Gasteiger partial charge in [-0.25, -0.2) is 12.7 Å². The van der Waals surface area contributed by atoms with E-state index in [1.165, 1.54) is 43.3 Å². The highest BCUT2D eigenvalue weighted by atomic mass is 32.2. The molecule has 1 atom stereocenters. The molecule has 4 rings (SSSR count). The summed E-state index contributed by atoms with van der Waals surface area (Å²) in [5, 5.41) is 11.4. The van der Waals surface area contributed by atoms with Crippen molar-refractivity contribution in [3.63, 3.8) is 0 Å². The summed E-state index contributed by atoms with van der Waals surface area (Å²) in [5.74, 6) is -1.34. The van der Waals surface area contributed by atoms with Gasteiger partial charge in [0, 0.05) is 26.2 Å². The highest BCUT2D eigenvalue weighted by molar-refractivity contribution is 7.89. The van der Waals surface area contributed by atoms with Gasteiger partial charge in [-0.2, -0.15) is 0 Å². The molecule has 0 saturated carbocycles. The lowest BCUT2D eigenvalue weighted by molar-refractivity contribution is -0.139. The van der Waals surface area contributed by atoms with E-state index in [4.69, 9.17) is 4.74 Å². The van der Waals surface area contributed by atoms with Crippen LogP contribution in [0.2, 0.25) is 0 Å². The van der Waals surface area contributed by atoms with Crippen LogP contribution in [0.25, 0.3) is 5.76 Å². The molecule has 216 valence electrons. The Hall–Kier alpha value is -3.99. The van der Waals surface area contributed by atoms with Gasteiger partial charge < -0.3 is 19.6 Å². The number of benzene rings is 3. The van der Waals surface area contributed by atoms with Gasteiger partial charge in [0.05, 0.1) is 16.5 Å². The molecule has 9 nitrogen and oxygen atoms in total. The minimum Gasteiger partial charge on any atom is -0.507 e. The number of aliphatic hydroxyl groups is 1. The molecule has 1 saturated heterocycles. The van der Waals surface area contributed by atoms with Gasteiger partial charge in [0.15, 0.2) is 0 Å². The van der Waals surface area contributed by atoms with Gasteiger partial charge >= 0.3 is 0 Å². The van der Waals surface area contributed by atoms with Gasteiger partial charge in [-0.15, -0.1) is 0 Å². The van der Waals surface area contributed by atoms with Crippen LogP contribution in [0.5, 0.6) is 5.75 Å². The third-order valence-corrected chi connectivity index (χ3v) is 8.69. The molecule has 1 aliphatic heterocycles. The number of hydrogen-bond acceptors (Lipinski definition) is 7. The fourth-order valence-electron chi connectivity index (χ4n) is 4.67. The highest BCUT2D eigenvalue weighted by Crippen LogP contribution is 2.40. The number of nitrogens with zero attached hydrogens (tertiary/aromatic N) is 3. The van der Waals surface area contributed by atoms with Crippen LogP contribution in [0.15, 0.2) is 89.3 Å². The quantitative estimate of drug-likeness (QED) is 0.209. The van der Waals surface area contributed by atoms with Gasteiger partial charge in [0.2, 0.25) is 10.0 Å². The summed E-state index contributed by atoms with van der Waals surface area (Å²) in [6.45, 7) is 1.38. The normalized spacial score (nSPS) is 17.0. The molecule has 1 fully saturated rings. The maximum atomic E-state index is 13.4. The molecule has 0 bridgehead atoms. The van der Waals surface area contributed by atoms with Gasteiger partial charge in [0.1, 0.15) is 18.1 Å². The van der Waals surface area contributed by atoms with Crippen molar-refractivity contribution in [3.8, 4) is 5.75 Å². The lowest BCUT2D eigenvalue weighted by Gasteiger charge is -2.26. The van der Waals surface area contributed by atoms with Crippen LogP contribution in [-0.2, 0) is 26.2 Å². The third kappa shape index (κ3) is 6.67. The summed E-state index contributed by atoms with van der Waals surface area (Å²) in [6, 6.07) is 21.7. The summed E-state index contributed by atoms with van der Waals surface area (Å²) in [4.78, 5) is 30.0. The molecule has 1 N–H and O–H groups in total. The fraction of sp³-hybridized carbons (Fsp3) is 0.290. The first kappa shape index (κ1) is 30.0. The predicted molar refractivity (Wildman–Crippen MR) is 157 cm³/mol. The smallest absolute Gasteiger partial charge is 0.295 e. The monoisotopic (exact) mass is 577 g/mol. The number of hydrogen-bond donors (Lipinski definition) is 1. The minimum absolute atomic E-state index is 0.0387. The molecular weight excluding hydrogens is 542 g/mol. The molecule has 10 heteroatoms. The second-order valence-electron chi connectivity index (χ2n) is 10.3. The number of rotatable bonds is 11. The van der Waals surface area contributed by atoms with E-state index in [1.807, 2.05) is 49.3 Å². The van der Waals surface area contributed by atoms with Crippen LogP contribution >= 0.6 is 0 Å². The highest BCUT2D eigenvalue weighted by Gasteiger charge is 2.45. The average molecular weight is 578 g/mol. The molecular formula is C31H35N3O6S. The summed E-state index contributed by atoms with van der Waals surface area (Å²) >= 11 is 0. The van der Waals surface area contributed by atoms with E-state index in [1.54, 1.807) is 24.3 Å². The van der Waals surface area contributed by atoms with Gasteiger partial charge in [-0.3, -0.25) is 9.59 Å². The van der Waals surface area contributed by atoms with Crippen LogP contribution in [0.3, 0.4) is 0 Å². The molecule has 1 aliphatic rings. The zero-order valence-corrected chi connectivity index (χ0v) is 24.5. The average Bonchev–Trinajstić information content (AvgIpc) is 3.21. The maximum absolute atomic E-state index is 13.4.